The van der Waals surface area contributed by atoms with E-state index in [-0.39, 0.29) is 17.2 Å². The van der Waals surface area contributed by atoms with Crippen molar-refractivity contribution in [3.05, 3.63) is 30.1 Å². The number of piperidine rings is 2. The minimum Gasteiger partial charge on any atom is -0.383 e. The van der Waals surface area contributed by atoms with Gasteiger partial charge < -0.3 is 14.9 Å². The summed E-state index contributed by atoms with van der Waals surface area (Å²) < 4.78 is 0. The molecule has 3 rings (SSSR count). The van der Waals surface area contributed by atoms with E-state index in [2.05, 4.69) is 4.98 Å². The van der Waals surface area contributed by atoms with Crippen LogP contribution < -0.4 is 0 Å². The summed E-state index contributed by atoms with van der Waals surface area (Å²) in [6.45, 7) is 2.73. The fraction of sp³-hybridized carbons (Fsp3) is 0.650. The highest BCUT2D eigenvalue weighted by atomic mass is 32.2. The lowest BCUT2D eigenvalue weighted by Crippen LogP contribution is -2.53. The molecule has 1 atom stereocenters. The van der Waals surface area contributed by atoms with Gasteiger partial charge in [-0.1, -0.05) is 0 Å². The van der Waals surface area contributed by atoms with Crippen LogP contribution in [0.5, 0.6) is 0 Å². The molecule has 3 heterocycles. The average molecular weight is 392 g/mol. The first-order chi connectivity index (χ1) is 13.0. The molecule has 2 amide bonds. The molecular weight excluding hydrogens is 362 g/mol. The Hall–Kier alpha value is -1.60. The molecule has 0 saturated carbocycles. The average Bonchev–Trinajstić information content (AvgIpc) is 2.70. The van der Waals surface area contributed by atoms with E-state index in [0.29, 0.717) is 32.5 Å². The standard InChI is InChI=1S/C20H29N3O3S/c1-27-13-5-17(24)19(26)22-11-7-20(8-12-22)6-2-18(25)23(15-20)14-16-3-9-21-10-4-16/h3-4,9-10,17,24H,2,5-8,11-15H2,1H3/t17-/m0/s1. The van der Waals surface area contributed by atoms with Crippen molar-refractivity contribution in [3.63, 3.8) is 0 Å². The number of hydrogen-bond donors (Lipinski definition) is 1. The van der Waals surface area contributed by atoms with Crippen LogP contribution in [0, 0.1) is 5.41 Å². The van der Waals surface area contributed by atoms with Crippen molar-refractivity contribution in [3.8, 4) is 0 Å². The zero-order valence-corrected chi connectivity index (χ0v) is 16.8. The molecule has 2 aliphatic heterocycles. The van der Waals surface area contributed by atoms with E-state index in [1.54, 1.807) is 29.1 Å². The third-order valence-corrected chi connectivity index (χ3v) is 6.53. The smallest absolute Gasteiger partial charge is 0.251 e. The Kier molecular flexibility index (Phi) is 6.76. The van der Waals surface area contributed by atoms with Crippen LogP contribution in [0.25, 0.3) is 0 Å². The zero-order chi connectivity index (χ0) is 19.3. The second-order valence-corrected chi connectivity index (χ2v) is 8.71. The largest absolute Gasteiger partial charge is 0.383 e. The summed E-state index contributed by atoms with van der Waals surface area (Å²) in [7, 11) is 0. The summed E-state index contributed by atoms with van der Waals surface area (Å²) in [6, 6.07) is 3.90. The summed E-state index contributed by atoms with van der Waals surface area (Å²) in [5.74, 6) is 0.861. The maximum absolute atomic E-state index is 12.4. The summed E-state index contributed by atoms with van der Waals surface area (Å²) in [4.78, 5) is 32.6. The normalized spacial score (nSPS) is 20.7. The minimum atomic E-state index is -0.886. The molecule has 1 N–H and O–H groups in total. The van der Waals surface area contributed by atoms with Crippen molar-refractivity contribution < 1.29 is 14.7 Å². The summed E-state index contributed by atoms with van der Waals surface area (Å²) >= 11 is 1.64. The van der Waals surface area contributed by atoms with E-state index in [0.717, 1.165) is 37.1 Å². The number of rotatable bonds is 6. The Labute approximate surface area is 165 Å². The van der Waals surface area contributed by atoms with Crippen LogP contribution in [0.3, 0.4) is 0 Å². The number of carbonyl (C=O) groups is 2. The summed E-state index contributed by atoms with van der Waals surface area (Å²) in [6.07, 6.45) is 8.38. The molecule has 2 saturated heterocycles. The fourth-order valence-electron chi connectivity index (χ4n) is 4.13. The molecule has 7 heteroatoms. The van der Waals surface area contributed by atoms with Crippen LogP contribution >= 0.6 is 11.8 Å². The molecule has 0 unspecified atom stereocenters. The van der Waals surface area contributed by atoms with E-state index in [4.69, 9.17) is 0 Å². The van der Waals surface area contributed by atoms with Gasteiger partial charge in [-0.15, -0.1) is 0 Å². The molecule has 148 valence electrons. The Morgan fingerprint density at radius 2 is 2.00 bits per heavy atom. The van der Waals surface area contributed by atoms with Crippen LogP contribution in [0.15, 0.2) is 24.5 Å². The number of pyridine rings is 1. The van der Waals surface area contributed by atoms with Gasteiger partial charge in [0.2, 0.25) is 5.91 Å². The van der Waals surface area contributed by atoms with Gasteiger partial charge >= 0.3 is 0 Å². The zero-order valence-electron chi connectivity index (χ0n) is 16.0. The van der Waals surface area contributed by atoms with E-state index in [1.807, 2.05) is 23.3 Å². The first-order valence-electron chi connectivity index (χ1n) is 9.65. The van der Waals surface area contributed by atoms with Crippen LogP contribution in [-0.2, 0) is 16.1 Å². The number of nitrogens with zero attached hydrogens (tertiary/aromatic N) is 3. The molecule has 2 fully saturated rings. The van der Waals surface area contributed by atoms with Crippen LogP contribution in [0.4, 0.5) is 0 Å². The SMILES string of the molecule is CSCC[C@H](O)C(=O)N1CCC2(CCC(=O)N(Cc3ccncc3)C2)CC1. The number of aliphatic hydroxyl groups is 1. The van der Waals surface area contributed by atoms with Crippen molar-refractivity contribution in [2.24, 2.45) is 5.41 Å². The van der Waals surface area contributed by atoms with Crippen LogP contribution in [0.1, 0.15) is 37.7 Å². The number of hydrogen-bond acceptors (Lipinski definition) is 5. The second-order valence-electron chi connectivity index (χ2n) is 7.73. The Bertz CT molecular complexity index is 647. The molecule has 2 aliphatic rings. The predicted molar refractivity (Wildman–Crippen MR) is 106 cm³/mol. The van der Waals surface area contributed by atoms with Gasteiger partial charge in [0, 0.05) is 45.0 Å². The highest BCUT2D eigenvalue weighted by Crippen LogP contribution is 2.40. The first-order valence-corrected chi connectivity index (χ1v) is 11.0. The highest BCUT2D eigenvalue weighted by Gasteiger charge is 2.42. The maximum Gasteiger partial charge on any atom is 0.251 e. The summed E-state index contributed by atoms with van der Waals surface area (Å²) in [5.41, 5.74) is 1.20. The lowest BCUT2D eigenvalue weighted by Gasteiger charge is -2.47. The Morgan fingerprint density at radius 1 is 1.30 bits per heavy atom. The number of amides is 2. The number of aliphatic hydroxyl groups excluding tert-OH is 1. The van der Waals surface area contributed by atoms with Gasteiger partial charge in [0.25, 0.3) is 5.91 Å². The lowest BCUT2D eigenvalue weighted by atomic mass is 9.72. The van der Waals surface area contributed by atoms with E-state index < -0.39 is 6.10 Å². The minimum absolute atomic E-state index is 0.0991. The highest BCUT2D eigenvalue weighted by molar-refractivity contribution is 7.98. The quantitative estimate of drug-likeness (QED) is 0.802. The Morgan fingerprint density at radius 3 is 2.67 bits per heavy atom. The van der Waals surface area contributed by atoms with Crippen LogP contribution in [0.2, 0.25) is 0 Å². The maximum atomic E-state index is 12.4. The van der Waals surface area contributed by atoms with Gasteiger partial charge in [-0.05, 0) is 60.8 Å². The second kappa shape index (κ2) is 9.06. The van der Waals surface area contributed by atoms with Crippen molar-refractivity contribution >= 4 is 23.6 Å². The molecular formula is C20H29N3O3S. The number of aromatic nitrogens is 1. The molecule has 1 aromatic heterocycles. The van der Waals surface area contributed by atoms with E-state index in [1.165, 1.54) is 0 Å². The number of thioether (sulfide) groups is 1. The molecule has 6 nitrogen and oxygen atoms in total. The van der Waals surface area contributed by atoms with Gasteiger partial charge in [-0.3, -0.25) is 14.6 Å². The van der Waals surface area contributed by atoms with E-state index >= 15 is 0 Å². The van der Waals surface area contributed by atoms with Gasteiger partial charge in [0.05, 0.1) is 0 Å². The third-order valence-electron chi connectivity index (χ3n) is 5.89. The van der Waals surface area contributed by atoms with Crippen molar-refractivity contribution in [1.82, 2.24) is 14.8 Å². The first kappa shape index (κ1) is 20.1. The lowest BCUT2D eigenvalue weighted by molar-refractivity contribution is -0.147. The topological polar surface area (TPSA) is 73.7 Å². The van der Waals surface area contributed by atoms with Gasteiger partial charge in [-0.25, -0.2) is 0 Å². The molecule has 1 aromatic rings. The molecule has 0 aliphatic carbocycles. The fourth-order valence-corrected chi connectivity index (χ4v) is 4.59. The van der Waals surface area contributed by atoms with Gasteiger partial charge in [0.1, 0.15) is 6.10 Å². The molecule has 0 bridgehead atoms. The summed E-state index contributed by atoms with van der Waals surface area (Å²) in [5, 5.41) is 10.1. The Balaban J connectivity index is 1.56. The van der Waals surface area contributed by atoms with Crippen LogP contribution in [-0.4, -0.2) is 69.5 Å². The van der Waals surface area contributed by atoms with Gasteiger partial charge in [0.15, 0.2) is 0 Å². The monoisotopic (exact) mass is 391 g/mol. The molecule has 1 spiro atoms. The van der Waals surface area contributed by atoms with Crippen molar-refractivity contribution in [2.45, 2.75) is 44.8 Å². The molecule has 0 radical (unpaired) electrons. The predicted octanol–water partition coefficient (Wildman–Crippen LogP) is 1.93. The van der Waals surface area contributed by atoms with Gasteiger partial charge in [-0.2, -0.15) is 11.8 Å². The van der Waals surface area contributed by atoms with Crippen molar-refractivity contribution in [2.75, 3.05) is 31.6 Å². The number of carbonyl (C=O) groups excluding carboxylic acids is 2. The molecule has 27 heavy (non-hydrogen) atoms. The third kappa shape index (κ3) is 5.02. The number of likely N-dealkylation sites (tertiary alicyclic amines) is 2. The molecule has 0 aromatic carbocycles. The van der Waals surface area contributed by atoms with Crippen molar-refractivity contribution in [1.29, 1.82) is 0 Å². The van der Waals surface area contributed by atoms with E-state index in [9.17, 15) is 14.7 Å².